The van der Waals surface area contributed by atoms with Crippen LogP contribution in [0.2, 0.25) is 0 Å². The van der Waals surface area contributed by atoms with E-state index < -0.39 is 0 Å². The van der Waals surface area contributed by atoms with Crippen molar-refractivity contribution in [2.24, 2.45) is 11.8 Å². The first-order valence-electron chi connectivity index (χ1n) is 6.26. The lowest BCUT2D eigenvalue weighted by Crippen LogP contribution is -2.33. The first-order valence-corrected chi connectivity index (χ1v) is 6.26. The molecule has 2 nitrogen and oxygen atoms in total. The number of benzene rings is 1. The van der Waals surface area contributed by atoms with Crippen LogP contribution in [0.15, 0.2) is 18.2 Å². The number of rotatable bonds is 3. The maximum absolute atomic E-state index is 5.77. The van der Waals surface area contributed by atoms with Crippen molar-refractivity contribution in [1.82, 2.24) is 5.43 Å². The van der Waals surface area contributed by atoms with E-state index in [4.69, 9.17) is 5.84 Å². The topological polar surface area (TPSA) is 38.0 Å². The predicted octanol–water partition coefficient (Wildman–Crippen LogP) is 3.00. The summed E-state index contributed by atoms with van der Waals surface area (Å²) in [5.41, 5.74) is 7.17. The third kappa shape index (κ3) is 2.13. The van der Waals surface area contributed by atoms with Crippen LogP contribution < -0.4 is 11.3 Å². The minimum atomic E-state index is 0.337. The molecule has 2 heteroatoms. The fraction of sp³-hybridized carbons (Fsp3) is 0.571. The number of hydrazine groups is 1. The van der Waals surface area contributed by atoms with Crippen LogP contribution in [0.5, 0.6) is 0 Å². The van der Waals surface area contributed by atoms with Gasteiger partial charge in [-0.25, -0.2) is 0 Å². The Labute approximate surface area is 98.2 Å². The van der Waals surface area contributed by atoms with Crippen LogP contribution in [0.4, 0.5) is 0 Å². The second-order valence-corrected chi connectivity index (χ2v) is 4.99. The quantitative estimate of drug-likeness (QED) is 0.604. The largest absolute Gasteiger partial charge is 0.271 e. The van der Waals surface area contributed by atoms with Gasteiger partial charge in [-0.1, -0.05) is 31.0 Å². The minimum Gasteiger partial charge on any atom is -0.271 e. The molecule has 1 saturated carbocycles. The van der Waals surface area contributed by atoms with Crippen LogP contribution in [0.25, 0.3) is 0 Å². The predicted molar refractivity (Wildman–Crippen MR) is 67.9 cm³/mol. The van der Waals surface area contributed by atoms with E-state index in [-0.39, 0.29) is 0 Å². The second-order valence-electron chi connectivity index (χ2n) is 4.99. The van der Waals surface area contributed by atoms with E-state index in [1.54, 1.807) is 0 Å². The zero-order valence-electron chi connectivity index (χ0n) is 10.3. The van der Waals surface area contributed by atoms with Gasteiger partial charge in [0.05, 0.1) is 0 Å². The highest BCUT2D eigenvalue weighted by atomic mass is 15.2. The summed E-state index contributed by atoms with van der Waals surface area (Å²) in [5.74, 6) is 6.49. The second kappa shape index (κ2) is 4.98. The fourth-order valence-electron chi connectivity index (χ4n) is 3.06. The average Bonchev–Trinajstić information content (AvgIpc) is 2.77. The first-order chi connectivity index (χ1) is 7.74. The molecule has 1 aliphatic rings. The van der Waals surface area contributed by atoms with Gasteiger partial charge in [0.2, 0.25) is 0 Å². The summed E-state index contributed by atoms with van der Waals surface area (Å²) < 4.78 is 0. The Balaban J connectivity index is 2.32. The SMILES string of the molecule is Cc1cccc(C)c1C(NN)C1CCCC1. The molecule has 0 bridgehead atoms. The Morgan fingerprint density at radius 2 is 1.75 bits per heavy atom. The molecule has 0 aliphatic heterocycles. The first kappa shape index (κ1) is 11.6. The van der Waals surface area contributed by atoms with Gasteiger partial charge in [-0.2, -0.15) is 0 Å². The number of nitrogens with one attached hydrogen (secondary N) is 1. The van der Waals surface area contributed by atoms with E-state index in [0.29, 0.717) is 12.0 Å². The molecule has 3 N–H and O–H groups in total. The van der Waals surface area contributed by atoms with Crippen molar-refractivity contribution < 1.29 is 0 Å². The van der Waals surface area contributed by atoms with Crippen LogP contribution in [-0.4, -0.2) is 0 Å². The molecule has 1 unspecified atom stereocenters. The Bertz CT molecular complexity index is 334. The Morgan fingerprint density at radius 3 is 2.25 bits per heavy atom. The number of hydrogen-bond acceptors (Lipinski definition) is 2. The molecule has 0 spiro atoms. The molecule has 1 aromatic rings. The van der Waals surface area contributed by atoms with Crippen molar-refractivity contribution in [3.63, 3.8) is 0 Å². The maximum atomic E-state index is 5.77. The van der Waals surface area contributed by atoms with Crippen LogP contribution in [0.3, 0.4) is 0 Å². The third-order valence-corrected chi connectivity index (χ3v) is 3.90. The molecule has 88 valence electrons. The molecule has 0 amide bonds. The summed E-state index contributed by atoms with van der Waals surface area (Å²) in [4.78, 5) is 0. The van der Waals surface area contributed by atoms with Crippen molar-refractivity contribution in [2.75, 3.05) is 0 Å². The van der Waals surface area contributed by atoms with Crippen molar-refractivity contribution >= 4 is 0 Å². The molecule has 1 aliphatic carbocycles. The highest BCUT2D eigenvalue weighted by molar-refractivity contribution is 5.36. The monoisotopic (exact) mass is 218 g/mol. The summed E-state index contributed by atoms with van der Waals surface area (Å²) in [5, 5.41) is 0. The zero-order chi connectivity index (χ0) is 11.5. The van der Waals surface area contributed by atoms with E-state index in [0.717, 1.165) is 0 Å². The Kier molecular flexibility index (Phi) is 3.62. The number of hydrogen-bond donors (Lipinski definition) is 2. The van der Waals surface area contributed by atoms with Gasteiger partial charge in [0.1, 0.15) is 0 Å². The van der Waals surface area contributed by atoms with Crippen molar-refractivity contribution in [2.45, 2.75) is 45.6 Å². The summed E-state index contributed by atoms with van der Waals surface area (Å²) in [6.07, 6.45) is 5.33. The van der Waals surface area contributed by atoms with Crippen LogP contribution >= 0.6 is 0 Å². The molecule has 0 radical (unpaired) electrons. The number of nitrogens with two attached hydrogens (primary N) is 1. The molecule has 0 saturated heterocycles. The van der Waals surface area contributed by atoms with Crippen LogP contribution in [0.1, 0.15) is 48.4 Å². The summed E-state index contributed by atoms with van der Waals surface area (Å²) >= 11 is 0. The van der Waals surface area contributed by atoms with Gasteiger partial charge in [-0.15, -0.1) is 0 Å². The Morgan fingerprint density at radius 1 is 1.19 bits per heavy atom. The summed E-state index contributed by atoms with van der Waals surface area (Å²) in [7, 11) is 0. The van der Waals surface area contributed by atoms with Gasteiger partial charge in [0, 0.05) is 6.04 Å². The normalized spacial score (nSPS) is 18.9. The highest BCUT2D eigenvalue weighted by Gasteiger charge is 2.27. The smallest absolute Gasteiger partial charge is 0.0493 e. The Hall–Kier alpha value is -0.860. The van der Waals surface area contributed by atoms with Crippen molar-refractivity contribution in [1.29, 1.82) is 0 Å². The lowest BCUT2D eigenvalue weighted by Gasteiger charge is -2.26. The van der Waals surface area contributed by atoms with Crippen molar-refractivity contribution in [3.8, 4) is 0 Å². The molecule has 0 heterocycles. The van der Waals surface area contributed by atoms with Crippen LogP contribution in [0, 0.1) is 19.8 Å². The lowest BCUT2D eigenvalue weighted by atomic mass is 9.87. The van der Waals surface area contributed by atoms with Gasteiger partial charge >= 0.3 is 0 Å². The van der Waals surface area contributed by atoms with Gasteiger partial charge in [0.25, 0.3) is 0 Å². The van der Waals surface area contributed by atoms with E-state index in [1.165, 1.54) is 42.4 Å². The highest BCUT2D eigenvalue weighted by Crippen LogP contribution is 2.37. The van der Waals surface area contributed by atoms with E-state index in [9.17, 15) is 0 Å². The molecule has 1 fully saturated rings. The molecular weight excluding hydrogens is 196 g/mol. The molecular formula is C14H22N2. The van der Waals surface area contributed by atoms with Gasteiger partial charge in [-0.05, 0) is 49.3 Å². The molecule has 0 aromatic heterocycles. The standard InChI is InChI=1S/C14H22N2/c1-10-6-5-7-11(2)13(10)14(16-15)12-8-3-4-9-12/h5-7,12,14,16H,3-4,8-9,15H2,1-2H3. The maximum Gasteiger partial charge on any atom is 0.0493 e. The van der Waals surface area contributed by atoms with Gasteiger partial charge in [0.15, 0.2) is 0 Å². The zero-order valence-corrected chi connectivity index (χ0v) is 10.3. The molecule has 1 atom stereocenters. The lowest BCUT2D eigenvalue weighted by molar-refractivity contribution is 0.371. The van der Waals surface area contributed by atoms with Crippen LogP contribution in [-0.2, 0) is 0 Å². The van der Waals surface area contributed by atoms with Gasteiger partial charge in [-0.3, -0.25) is 11.3 Å². The molecule has 1 aromatic carbocycles. The van der Waals surface area contributed by atoms with Gasteiger partial charge < -0.3 is 0 Å². The van der Waals surface area contributed by atoms with E-state index in [1.807, 2.05) is 0 Å². The van der Waals surface area contributed by atoms with Crippen molar-refractivity contribution in [3.05, 3.63) is 34.9 Å². The number of aryl methyl sites for hydroxylation is 2. The minimum absolute atomic E-state index is 0.337. The summed E-state index contributed by atoms with van der Waals surface area (Å²) in [6.45, 7) is 4.36. The molecule has 16 heavy (non-hydrogen) atoms. The fourth-order valence-corrected chi connectivity index (χ4v) is 3.06. The average molecular weight is 218 g/mol. The van der Waals surface area contributed by atoms with E-state index in [2.05, 4.69) is 37.5 Å². The third-order valence-electron chi connectivity index (χ3n) is 3.90. The molecule has 2 rings (SSSR count). The summed E-state index contributed by atoms with van der Waals surface area (Å²) in [6, 6.07) is 6.82. The van der Waals surface area contributed by atoms with E-state index >= 15 is 0 Å².